The van der Waals surface area contributed by atoms with Gasteiger partial charge in [-0.05, 0) is 98.3 Å². The molecule has 2 aromatic carbocycles. The number of β-amino-alcohol motifs (C(OH)–C–C–N with tert-alkyl or cyclic N) is 1. The molecule has 1 aliphatic heterocycles. The number of rotatable bonds is 9. The van der Waals surface area contributed by atoms with Crippen LogP contribution in [0.5, 0.6) is 5.75 Å². The number of H-pyrrole nitrogens is 1. The molecule has 2 unspecified atom stereocenters. The third kappa shape index (κ3) is 7.62. The van der Waals surface area contributed by atoms with E-state index in [1.165, 1.54) is 21.2 Å². The summed E-state index contributed by atoms with van der Waals surface area (Å²) in [4.78, 5) is 25.0. The smallest absolute Gasteiger partial charge is 0.303 e. The number of ether oxygens (including phenoxy) is 1. The number of hydrogen-bond acceptors (Lipinski definition) is 6. The van der Waals surface area contributed by atoms with Crippen LogP contribution in [-0.2, 0) is 9.59 Å². The van der Waals surface area contributed by atoms with Crippen LogP contribution in [0.2, 0.25) is 0 Å². The molecule has 1 fully saturated rings. The Bertz CT molecular complexity index is 1450. The Morgan fingerprint density at radius 2 is 1.85 bits per heavy atom. The Labute approximate surface area is 238 Å². The fourth-order valence-electron chi connectivity index (χ4n) is 5.34. The number of carboxylic acid groups (broad SMARTS) is 2. The van der Waals surface area contributed by atoms with Crippen LogP contribution in [0.3, 0.4) is 0 Å². The molecule has 0 saturated carbocycles. The van der Waals surface area contributed by atoms with Gasteiger partial charge in [0.2, 0.25) is 0 Å². The van der Waals surface area contributed by atoms with E-state index in [4.69, 9.17) is 14.9 Å². The van der Waals surface area contributed by atoms with E-state index in [1.807, 2.05) is 30.4 Å². The molecule has 0 amide bonds. The molecule has 0 bridgehead atoms. The summed E-state index contributed by atoms with van der Waals surface area (Å²) >= 11 is 1.83. The first kappa shape index (κ1) is 29.6. The maximum absolute atomic E-state index is 10.7. The molecule has 3 heterocycles. The summed E-state index contributed by atoms with van der Waals surface area (Å²) in [7, 11) is 0. The number of hydrogen-bond donors (Lipinski definition) is 4. The SMILES string of the molecule is Cc1cc2c(OC[C@@H](O)CN3CCC(c4ccc5scc(C)c5c4)CC3C)cccc2[nH]1.O=C(O)CCC(=O)O. The van der Waals surface area contributed by atoms with Gasteiger partial charge in [-0.15, -0.1) is 11.3 Å². The lowest BCUT2D eigenvalue weighted by molar-refractivity contribution is -0.143. The van der Waals surface area contributed by atoms with E-state index in [-0.39, 0.29) is 12.8 Å². The van der Waals surface area contributed by atoms with Gasteiger partial charge >= 0.3 is 11.9 Å². The highest BCUT2D eigenvalue weighted by atomic mass is 32.1. The van der Waals surface area contributed by atoms with Gasteiger partial charge in [-0.2, -0.15) is 0 Å². The molecule has 0 spiro atoms. The fraction of sp³-hybridized carbons (Fsp3) is 0.419. The molecule has 0 radical (unpaired) electrons. The van der Waals surface area contributed by atoms with Crippen molar-refractivity contribution in [1.29, 1.82) is 0 Å². The predicted molar refractivity (Wildman–Crippen MR) is 159 cm³/mol. The van der Waals surface area contributed by atoms with Crippen LogP contribution < -0.4 is 4.74 Å². The zero-order valence-corrected chi connectivity index (χ0v) is 24.0. The number of benzene rings is 2. The average molecular weight is 567 g/mol. The minimum absolute atomic E-state index is 0.296. The number of piperidine rings is 1. The molecule has 1 aliphatic rings. The Morgan fingerprint density at radius 3 is 2.55 bits per heavy atom. The van der Waals surface area contributed by atoms with Gasteiger partial charge in [0, 0.05) is 33.9 Å². The van der Waals surface area contributed by atoms with Crippen molar-refractivity contribution in [3.05, 3.63) is 64.7 Å². The van der Waals surface area contributed by atoms with Gasteiger partial charge in [0.25, 0.3) is 0 Å². The van der Waals surface area contributed by atoms with Crippen molar-refractivity contribution in [2.75, 3.05) is 19.7 Å². The molecular formula is C31H38N2O6S. The van der Waals surface area contributed by atoms with Crippen molar-refractivity contribution >= 4 is 44.3 Å². The monoisotopic (exact) mass is 566 g/mol. The zero-order valence-electron chi connectivity index (χ0n) is 23.2. The van der Waals surface area contributed by atoms with Crippen LogP contribution in [0.25, 0.3) is 21.0 Å². The molecule has 3 atom stereocenters. The van der Waals surface area contributed by atoms with Gasteiger partial charge in [0.15, 0.2) is 0 Å². The number of aliphatic hydroxyl groups excluding tert-OH is 1. The van der Waals surface area contributed by atoms with E-state index >= 15 is 0 Å². The van der Waals surface area contributed by atoms with Crippen molar-refractivity contribution < 1.29 is 29.6 Å². The van der Waals surface area contributed by atoms with E-state index in [2.05, 4.69) is 59.4 Å². The average Bonchev–Trinajstić information content (AvgIpc) is 3.49. The van der Waals surface area contributed by atoms with Crippen LogP contribution in [0.15, 0.2) is 47.8 Å². The van der Waals surface area contributed by atoms with Gasteiger partial charge in [-0.3, -0.25) is 14.5 Å². The van der Waals surface area contributed by atoms with Crippen molar-refractivity contribution in [2.45, 2.75) is 64.5 Å². The van der Waals surface area contributed by atoms with Crippen LogP contribution in [-0.4, -0.2) is 69.0 Å². The Balaban J connectivity index is 0.000000406. The van der Waals surface area contributed by atoms with E-state index in [0.29, 0.717) is 25.1 Å². The second kappa shape index (κ2) is 13.3. The number of nitrogens with zero attached hydrogens (tertiary/aromatic N) is 1. The molecule has 40 heavy (non-hydrogen) atoms. The molecule has 4 N–H and O–H groups in total. The number of nitrogens with one attached hydrogen (secondary N) is 1. The largest absolute Gasteiger partial charge is 0.490 e. The molecular weight excluding hydrogens is 528 g/mol. The number of thiophene rings is 1. The van der Waals surface area contributed by atoms with Crippen molar-refractivity contribution in [1.82, 2.24) is 9.88 Å². The van der Waals surface area contributed by atoms with Gasteiger partial charge < -0.3 is 25.0 Å². The van der Waals surface area contributed by atoms with Gasteiger partial charge in [-0.25, -0.2) is 0 Å². The van der Waals surface area contributed by atoms with Crippen LogP contribution >= 0.6 is 11.3 Å². The number of aliphatic carboxylic acids is 2. The first-order chi connectivity index (χ1) is 19.1. The highest BCUT2D eigenvalue weighted by molar-refractivity contribution is 7.17. The van der Waals surface area contributed by atoms with Crippen LogP contribution in [0, 0.1) is 13.8 Å². The summed E-state index contributed by atoms with van der Waals surface area (Å²) in [6.07, 6.45) is 1.16. The lowest BCUT2D eigenvalue weighted by atomic mass is 9.85. The van der Waals surface area contributed by atoms with Gasteiger partial charge in [0.1, 0.15) is 18.5 Å². The molecule has 0 aliphatic carbocycles. The zero-order chi connectivity index (χ0) is 28.8. The Hall–Kier alpha value is -3.40. The van der Waals surface area contributed by atoms with Crippen LogP contribution in [0.1, 0.15) is 55.3 Å². The molecule has 2 aromatic heterocycles. The second-order valence-electron chi connectivity index (χ2n) is 10.7. The number of aliphatic hydroxyl groups is 1. The number of aryl methyl sites for hydroxylation is 2. The standard InChI is InChI=1S/C27H32N2O2S.C4H6O4/c1-17-16-32-27-8-7-20(13-23(17)27)21-9-10-29(19(3)12-21)14-22(30)15-31-26-6-4-5-25-24(26)11-18(2)28-25;5-3(6)1-2-4(7)8/h4-8,11,13,16,19,21-22,28,30H,9-10,12,14-15H2,1-3H3;1-2H2,(H,5,6)(H,7,8)/t19?,21?,22-;/m0./s1. The lowest BCUT2D eigenvalue weighted by Crippen LogP contribution is -2.45. The number of carbonyl (C=O) groups is 2. The number of carboxylic acids is 2. The minimum atomic E-state index is -1.08. The van der Waals surface area contributed by atoms with Gasteiger partial charge in [-0.1, -0.05) is 12.1 Å². The quantitative estimate of drug-likeness (QED) is 0.198. The number of fused-ring (bicyclic) bond motifs is 2. The van der Waals surface area contributed by atoms with E-state index in [0.717, 1.165) is 41.7 Å². The van der Waals surface area contributed by atoms with E-state index < -0.39 is 18.0 Å². The number of aromatic amines is 1. The maximum Gasteiger partial charge on any atom is 0.303 e. The summed E-state index contributed by atoms with van der Waals surface area (Å²) in [5, 5.41) is 31.2. The molecule has 5 rings (SSSR count). The fourth-order valence-corrected chi connectivity index (χ4v) is 6.26. The topological polar surface area (TPSA) is 123 Å². The molecule has 214 valence electrons. The summed E-state index contributed by atoms with van der Waals surface area (Å²) < 4.78 is 7.39. The Kier molecular flexibility index (Phi) is 9.84. The highest BCUT2D eigenvalue weighted by Crippen LogP contribution is 2.35. The van der Waals surface area contributed by atoms with Crippen molar-refractivity contribution in [2.24, 2.45) is 0 Å². The van der Waals surface area contributed by atoms with E-state index in [9.17, 15) is 14.7 Å². The molecule has 8 nitrogen and oxygen atoms in total. The third-order valence-electron chi connectivity index (χ3n) is 7.46. The first-order valence-corrected chi connectivity index (χ1v) is 14.5. The number of likely N-dealkylation sites (tertiary alicyclic amines) is 1. The maximum atomic E-state index is 10.7. The van der Waals surface area contributed by atoms with E-state index in [1.54, 1.807) is 0 Å². The highest BCUT2D eigenvalue weighted by Gasteiger charge is 2.28. The summed E-state index contributed by atoms with van der Waals surface area (Å²) in [6, 6.07) is 15.6. The number of aromatic nitrogens is 1. The Morgan fingerprint density at radius 1 is 1.10 bits per heavy atom. The van der Waals surface area contributed by atoms with Crippen molar-refractivity contribution in [3.8, 4) is 5.75 Å². The lowest BCUT2D eigenvalue weighted by Gasteiger charge is -2.38. The molecule has 4 aromatic rings. The summed E-state index contributed by atoms with van der Waals surface area (Å²) in [6.45, 7) is 8.51. The third-order valence-corrected chi connectivity index (χ3v) is 8.55. The van der Waals surface area contributed by atoms with Crippen molar-refractivity contribution in [3.63, 3.8) is 0 Å². The molecule has 1 saturated heterocycles. The van der Waals surface area contributed by atoms with Gasteiger partial charge in [0.05, 0.1) is 12.8 Å². The minimum Gasteiger partial charge on any atom is -0.490 e. The van der Waals surface area contributed by atoms with Crippen LogP contribution in [0.4, 0.5) is 0 Å². The summed E-state index contributed by atoms with van der Waals surface area (Å²) in [5.74, 6) is -0.732. The summed E-state index contributed by atoms with van der Waals surface area (Å²) in [5.41, 5.74) is 5.03. The first-order valence-electron chi connectivity index (χ1n) is 13.6. The predicted octanol–water partition coefficient (Wildman–Crippen LogP) is 5.94. The second-order valence-corrected chi connectivity index (χ2v) is 11.6. The molecule has 9 heteroatoms. The normalized spacial score (nSPS) is 18.3.